The van der Waals surface area contributed by atoms with Gasteiger partial charge in [-0.1, -0.05) is 23.7 Å². The maximum atomic E-state index is 11.1. The Morgan fingerprint density at radius 3 is 2.76 bits per heavy atom. The third-order valence-corrected chi connectivity index (χ3v) is 4.56. The van der Waals surface area contributed by atoms with Gasteiger partial charge in [0.15, 0.2) is 11.5 Å². The number of rotatable bonds is 9. The average Bonchev–Trinajstić information content (AvgIpc) is 2.74. The molecule has 3 aromatic rings. The first-order chi connectivity index (χ1) is 14.1. The third-order valence-electron chi connectivity index (χ3n) is 4.23. The van der Waals surface area contributed by atoms with Crippen molar-refractivity contribution in [2.75, 3.05) is 19.0 Å². The summed E-state index contributed by atoms with van der Waals surface area (Å²) in [5, 5.41) is 13.1. The van der Waals surface area contributed by atoms with Crippen molar-refractivity contribution in [2.45, 2.75) is 19.3 Å². The summed E-state index contributed by atoms with van der Waals surface area (Å²) in [4.78, 5) is 19.7. The number of ether oxygens (including phenoxy) is 2. The second-order valence-electron chi connectivity index (χ2n) is 6.19. The summed E-state index contributed by atoms with van der Waals surface area (Å²) in [5.41, 5.74) is 3.04. The lowest BCUT2D eigenvalue weighted by Crippen LogP contribution is -2.18. The van der Waals surface area contributed by atoms with Gasteiger partial charge in [-0.15, -0.1) is 0 Å². The number of anilines is 2. The number of hydrogen-bond donors (Lipinski definition) is 3. The van der Waals surface area contributed by atoms with Crippen molar-refractivity contribution in [1.82, 2.24) is 15.4 Å². The van der Waals surface area contributed by atoms with Crippen molar-refractivity contribution in [2.24, 2.45) is 0 Å². The molecule has 1 amide bonds. The molecule has 2 aromatic carbocycles. The molecule has 0 unspecified atom stereocenters. The number of amides is 1. The Kier molecular flexibility index (Phi) is 7.04. The molecule has 9 heteroatoms. The van der Waals surface area contributed by atoms with Crippen molar-refractivity contribution in [3.63, 3.8) is 0 Å². The smallest absolute Gasteiger partial charge is 0.243 e. The van der Waals surface area contributed by atoms with E-state index in [1.54, 1.807) is 24.7 Å². The Labute approximate surface area is 172 Å². The lowest BCUT2D eigenvalue weighted by Gasteiger charge is -2.14. The van der Waals surface area contributed by atoms with Gasteiger partial charge in [-0.25, -0.2) is 15.4 Å². The van der Waals surface area contributed by atoms with E-state index in [-0.39, 0.29) is 6.42 Å². The van der Waals surface area contributed by atoms with E-state index in [0.29, 0.717) is 47.3 Å². The predicted molar refractivity (Wildman–Crippen MR) is 110 cm³/mol. The number of hydrogen-bond acceptors (Lipinski definition) is 7. The number of carbonyl (C=O) groups is 1. The fourth-order valence-electron chi connectivity index (χ4n) is 2.75. The summed E-state index contributed by atoms with van der Waals surface area (Å²) in [6.45, 7) is 0.390. The van der Waals surface area contributed by atoms with Crippen LogP contribution in [0.2, 0.25) is 5.02 Å². The molecule has 0 atom stereocenters. The molecule has 0 aliphatic heterocycles. The van der Waals surface area contributed by atoms with Gasteiger partial charge >= 0.3 is 0 Å². The van der Waals surface area contributed by atoms with E-state index in [0.717, 1.165) is 11.1 Å². The standard InChI is InChI=1S/C20H21ClN4O4/c1-28-17-11-16-13(10-18(17)29-9-5-4-8-19(26)25-27)20(23-12-22-16)24-15-7-3-2-6-14(15)21/h2-3,6-7,10-12,27H,4-5,8-9H2,1H3,(H,25,26)(H,22,23,24). The zero-order valence-corrected chi connectivity index (χ0v) is 16.6. The lowest BCUT2D eigenvalue weighted by atomic mass is 10.2. The van der Waals surface area contributed by atoms with Gasteiger partial charge in [0, 0.05) is 17.9 Å². The highest BCUT2D eigenvalue weighted by Crippen LogP contribution is 2.35. The highest BCUT2D eigenvalue weighted by molar-refractivity contribution is 6.33. The third kappa shape index (κ3) is 5.24. The van der Waals surface area contributed by atoms with Crippen LogP contribution in [0.15, 0.2) is 42.7 Å². The van der Waals surface area contributed by atoms with Crippen LogP contribution in [0.1, 0.15) is 19.3 Å². The predicted octanol–water partition coefficient (Wildman–Crippen LogP) is 4.09. The minimum Gasteiger partial charge on any atom is -0.493 e. The second-order valence-corrected chi connectivity index (χ2v) is 6.60. The van der Waals surface area contributed by atoms with Crippen LogP contribution >= 0.6 is 11.6 Å². The average molecular weight is 417 g/mol. The van der Waals surface area contributed by atoms with E-state index in [9.17, 15) is 4.79 Å². The number of unbranched alkanes of at least 4 members (excludes halogenated alkanes) is 1. The summed E-state index contributed by atoms with van der Waals surface area (Å²) in [7, 11) is 1.56. The van der Waals surface area contributed by atoms with Gasteiger partial charge < -0.3 is 14.8 Å². The largest absolute Gasteiger partial charge is 0.493 e. The maximum Gasteiger partial charge on any atom is 0.243 e. The first-order valence-electron chi connectivity index (χ1n) is 9.02. The highest BCUT2D eigenvalue weighted by atomic mass is 35.5. The number of nitrogens with one attached hydrogen (secondary N) is 2. The number of hydroxylamine groups is 1. The molecule has 1 heterocycles. The quantitative estimate of drug-likeness (QED) is 0.274. The molecule has 1 aromatic heterocycles. The topological polar surface area (TPSA) is 106 Å². The van der Waals surface area contributed by atoms with Crippen LogP contribution in [-0.2, 0) is 4.79 Å². The summed E-state index contributed by atoms with van der Waals surface area (Å²) in [5.74, 6) is 1.27. The number of methoxy groups -OCH3 is 1. The molecule has 0 radical (unpaired) electrons. The Hall–Kier alpha value is -3.10. The minimum absolute atomic E-state index is 0.231. The molecule has 0 aliphatic rings. The molecular weight excluding hydrogens is 396 g/mol. The molecule has 8 nitrogen and oxygen atoms in total. The number of para-hydroxylation sites is 1. The first-order valence-corrected chi connectivity index (χ1v) is 9.40. The Morgan fingerprint density at radius 2 is 2.00 bits per heavy atom. The molecule has 3 rings (SSSR count). The number of nitrogens with zero attached hydrogens (tertiary/aromatic N) is 2. The van der Waals surface area contributed by atoms with Crippen LogP contribution < -0.4 is 20.3 Å². The van der Waals surface area contributed by atoms with E-state index >= 15 is 0 Å². The lowest BCUT2D eigenvalue weighted by molar-refractivity contribution is -0.129. The summed E-state index contributed by atoms with van der Waals surface area (Å²) in [6.07, 6.45) is 2.93. The van der Waals surface area contributed by atoms with Crippen molar-refractivity contribution >= 4 is 39.9 Å². The van der Waals surface area contributed by atoms with Crippen LogP contribution in [-0.4, -0.2) is 34.8 Å². The molecule has 152 valence electrons. The number of benzene rings is 2. The van der Waals surface area contributed by atoms with Gasteiger partial charge in [0.1, 0.15) is 12.1 Å². The van der Waals surface area contributed by atoms with Crippen molar-refractivity contribution in [3.05, 3.63) is 47.7 Å². The fourth-order valence-corrected chi connectivity index (χ4v) is 2.93. The molecule has 0 fully saturated rings. The molecule has 0 saturated carbocycles. The maximum absolute atomic E-state index is 11.1. The van der Waals surface area contributed by atoms with Gasteiger partial charge in [-0.2, -0.15) is 0 Å². The Morgan fingerprint density at radius 1 is 1.17 bits per heavy atom. The SMILES string of the molecule is COc1cc2ncnc(Nc3ccccc3Cl)c2cc1OCCCCC(=O)NO. The van der Waals surface area contributed by atoms with E-state index in [1.165, 1.54) is 6.33 Å². The van der Waals surface area contributed by atoms with Crippen LogP contribution in [0.3, 0.4) is 0 Å². The van der Waals surface area contributed by atoms with Gasteiger partial charge in [0.2, 0.25) is 5.91 Å². The number of halogens is 1. The van der Waals surface area contributed by atoms with Crippen LogP contribution in [0.25, 0.3) is 10.9 Å². The molecule has 3 N–H and O–H groups in total. The zero-order valence-electron chi connectivity index (χ0n) is 15.8. The Bertz CT molecular complexity index is 999. The summed E-state index contributed by atoms with van der Waals surface area (Å²) in [6, 6.07) is 11.0. The molecule has 29 heavy (non-hydrogen) atoms. The van der Waals surface area contributed by atoms with Crippen LogP contribution in [0, 0.1) is 0 Å². The van der Waals surface area contributed by atoms with E-state index in [1.807, 2.05) is 24.3 Å². The number of fused-ring (bicyclic) bond motifs is 1. The van der Waals surface area contributed by atoms with E-state index in [4.69, 9.17) is 26.3 Å². The van der Waals surface area contributed by atoms with Gasteiger partial charge in [-0.05, 0) is 31.0 Å². The zero-order chi connectivity index (χ0) is 20.6. The van der Waals surface area contributed by atoms with Gasteiger partial charge in [0.25, 0.3) is 0 Å². The van der Waals surface area contributed by atoms with Crippen molar-refractivity contribution < 1.29 is 19.5 Å². The molecule has 0 bridgehead atoms. The van der Waals surface area contributed by atoms with E-state index < -0.39 is 5.91 Å². The summed E-state index contributed by atoms with van der Waals surface area (Å²) < 4.78 is 11.3. The van der Waals surface area contributed by atoms with Crippen molar-refractivity contribution in [1.29, 1.82) is 0 Å². The molecule has 0 spiro atoms. The first kappa shape index (κ1) is 20.6. The number of carbonyl (C=O) groups excluding carboxylic acids is 1. The normalized spacial score (nSPS) is 10.6. The number of aromatic nitrogens is 2. The van der Waals surface area contributed by atoms with Gasteiger partial charge in [-0.3, -0.25) is 10.0 Å². The fraction of sp³-hybridized carbons (Fsp3) is 0.250. The van der Waals surface area contributed by atoms with Crippen molar-refractivity contribution in [3.8, 4) is 11.5 Å². The monoisotopic (exact) mass is 416 g/mol. The molecular formula is C20H21ClN4O4. The summed E-state index contributed by atoms with van der Waals surface area (Å²) >= 11 is 6.24. The van der Waals surface area contributed by atoms with E-state index in [2.05, 4.69) is 15.3 Å². The Balaban J connectivity index is 1.80. The van der Waals surface area contributed by atoms with Crippen LogP contribution in [0.4, 0.5) is 11.5 Å². The molecule has 0 saturated heterocycles. The minimum atomic E-state index is -0.416. The van der Waals surface area contributed by atoms with Crippen LogP contribution in [0.5, 0.6) is 11.5 Å². The molecule has 0 aliphatic carbocycles. The second kappa shape index (κ2) is 9.90. The highest BCUT2D eigenvalue weighted by Gasteiger charge is 2.13. The van der Waals surface area contributed by atoms with Gasteiger partial charge in [0.05, 0.1) is 29.9 Å².